The Morgan fingerprint density at radius 1 is 1.24 bits per heavy atom. The number of hydrogen-bond acceptors (Lipinski definition) is 3. The van der Waals surface area contributed by atoms with Crippen molar-refractivity contribution in [2.24, 2.45) is 0 Å². The maximum Gasteiger partial charge on any atom is 0.170 e. The zero-order valence-corrected chi connectivity index (χ0v) is 13.6. The minimum Gasteiger partial charge on any atom is -0.497 e. The van der Waals surface area contributed by atoms with Crippen molar-refractivity contribution in [3.8, 4) is 5.75 Å². The van der Waals surface area contributed by atoms with Crippen molar-refractivity contribution in [2.75, 3.05) is 7.11 Å². The molecule has 0 saturated carbocycles. The van der Waals surface area contributed by atoms with Crippen LogP contribution in [-0.2, 0) is 6.54 Å². The summed E-state index contributed by atoms with van der Waals surface area (Å²) in [7, 11) is 1.65. The SMILES string of the molecule is COc1ccc(Cn2nc(C=O)c3cc(I)ccc32)cc1. The average molecular weight is 392 g/mol. The number of fused-ring (bicyclic) bond motifs is 1. The van der Waals surface area contributed by atoms with E-state index in [1.165, 1.54) is 0 Å². The summed E-state index contributed by atoms with van der Waals surface area (Å²) in [5, 5.41) is 5.29. The molecule has 21 heavy (non-hydrogen) atoms. The lowest BCUT2D eigenvalue weighted by Crippen LogP contribution is -2.02. The van der Waals surface area contributed by atoms with Crippen molar-refractivity contribution >= 4 is 39.8 Å². The van der Waals surface area contributed by atoms with Gasteiger partial charge < -0.3 is 4.74 Å². The Balaban J connectivity index is 2.01. The molecule has 0 aliphatic carbocycles. The Kier molecular flexibility index (Phi) is 3.92. The van der Waals surface area contributed by atoms with Gasteiger partial charge in [0.1, 0.15) is 11.4 Å². The number of benzene rings is 2. The van der Waals surface area contributed by atoms with Crippen LogP contribution in [-0.4, -0.2) is 23.2 Å². The molecule has 0 saturated heterocycles. The van der Waals surface area contributed by atoms with Crippen LogP contribution >= 0.6 is 22.6 Å². The summed E-state index contributed by atoms with van der Waals surface area (Å²) in [6.07, 6.45) is 0.808. The fraction of sp³-hybridized carbons (Fsp3) is 0.125. The maximum absolute atomic E-state index is 11.2. The van der Waals surface area contributed by atoms with Gasteiger partial charge in [0.15, 0.2) is 6.29 Å². The first-order chi connectivity index (χ1) is 10.2. The number of hydrogen-bond donors (Lipinski definition) is 0. The van der Waals surface area contributed by atoms with Crippen LogP contribution in [0.25, 0.3) is 10.9 Å². The lowest BCUT2D eigenvalue weighted by molar-refractivity contribution is 0.111. The van der Waals surface area contributed by atoms with Gasteiger partial charge in [0, 0.05) is 8.96 Å². The minimum atomic E-state index is 0.483. The lowest BCUT2D eigenvalue weighted by atomic mass is 10.2. The number of nitrogens with zero attached hydrogens (tertiary/aromatic N) is 2. The molecule has 0 aliphatic heterocycles. The molecule has 1 aromatic heterocycles. The molecular weight excluding hydrogens is 379 g/mol. The van der Waals surface area contributed by atoms with Crippen molar-refractivity contribution < 1.29 is 9.53 Å². The topological polar surface area (TPSA) is 44.1 Å². The number of carbonyl (C=O) groups is 1. The Morgan fingerprint density at radius 2 is 2.00 bits per heavy atom. The zero-order valence-electron chi connectivity index (χ0n) is 11.4. The molecule has 0 amide bonds. The van der Waals surface area contributed by atoms with E-state index >= 15 is 0 Å². The molecule has 0 unspecified atom stereocenters. The van der Waals surface area contributed by atoms with Gasteiger partial charge in [0.05, 0.1) is 19.2 Å². The Labute approximate surface area is 135 Å². The molecule has 3 aromatic rings. The Hall–Kier alpha value is -1.89. The number of aldehydes is 1. The van der Waals surface area contributed by atoms with E-state index < -0.39 is 0 Å². The Bertz CT molecular complexity index is 794. The van der Waals surface area contributed by atoms with Crippen molar-refractivity contribution in [1.82, 2.24) is 9.78 Å². The number of carbonyl (C=O) groups excluding carboxylic acids is 1. The third kappa shape index (κ3) is 2.78. The first kappa shape index (κ1) is 14.1. The Morgan fingerprint density at radius 3 is 2.67 bits per heavy atom. The van der Waals surface area contributed by atoms with E-state index in [1.54, 1.807) is 7.11 Å². The first-order valence-corrected chi connectivity index (χ1v) is 7.53. The van der Waals surface area contributed by atoms with Crippen molar-refractivity contribution in [3.05, 3.63) is 57.3 Å². The van der Waals surface area contributed by atoms with E-state index in [0.717, 1.165) is 32.1 Å². The van der Waals surface area contributed by atoms with Crippen molar-refractivity contribution in [1.29, 1.82) is 0 Å². The van der Waals surface area contributed by atoms with Crippen molar-refractivity contribution in [2.45, 2.75) is 6.54 Å². The quantitative estimate of drug-likeness (QED) is 0.504. The summed E-state index contributed by atoms with van der Waals surface area (Å²) in [6.45, 7) is 0.620. The van der Waals surface area contributed by atoms with Crippen LogP contribution in [0.15, 0.2) is 42.5 Å². The molecule has 0 N–H and O–H groups in total. The van der Waals surface area contributed by atoms with Gasteiger partial charge in [-0.25, -0.2) is 0 Å². The highest BCUT2D eigenvalue weighted by Crippen LogP contribution is 2.22. The van der Waals surface area contributed by atoms with Crippen LogP contribution in [0, 0.1) is 3.57 Å². The predicted molar refractivity (Wildman–Crippen MR) is 89.9 cm³/mol. The second-order valence-electron chi connectivity index (χ2n) is 4.67. The first-order valence-electron chi connectivity index (χ1n) is 6.45. The van der Waals surface area contributed by atoms with Gasteiger partial charge in [-0.2, -0.15) is 5.10 Å². The third-order valence-corrected chi connectivity index (χ3v) is 4.02. The summed E-state index contributed by atoms with van der Waals surface area (Å²) < 4.78 is 8.10. The number of aromatic nitrogens is 2. The molecule has 3 rings (SSSR count). The van der Waals surface area contributed by atoms with E-state index in [9.17, 15) is 4.79 Å². The molecular formula is C16H13IN2O2. The summed E-state index contributed by atoms with van der Waals surface area (Å²) in [6, 6.07) is 13.8. The fourth-order valence-corrected chi connectivity index (χ4v) is 2.78. The fourth-order valence-electron chi connectivity index (χ4n) is 2.29. The van der Waals surface area contributed by atoms with E-state index in [1.807, 2.05) is 47.1 Å². The molecule has 0 aliphatic rings. The standard InChI is InChI=1S/C16H13IN2O2/c1-21-13-5-2-11(3-6-13)9-19-16-7-4-12(17)8-14(16)15(10-20)18-19/h2-8,10H,9H2,1H3. The van der Waals surface area contributed by atoms with Crippen LogP contribution in [0.2, 0.25) is 0 Å². The highest BCUT2D eigenvalue weighted by Gasteiger charge is 2.10. The highest BCUT2D eigenvalue weighted by atomic mass is 127. The summed E-state index contributed by atoms with van der Waals surface area (Å²) in [4.78, 5) is 11.2. The molecule has 0 radical (unpaired) electrons. The van der Waals surface area contributed by atoms with Crippen LogP contribution in [0.4, 0.5) is 0 Å². The maximum atomic E-state index is 11.2. The predicted octanol–water partition coefficient (Wildman–Crippen LogP) is 3.51. The van der Waals surface area contributed by atoms with Gasteiger partial charge in [0.25, 0.3) is 0 Å². The molecule has 4 nitrogen and oxygen atoms in total. The van der Waals surface area contributed by atoms with Crippen LogP contribution in [0.3, 0.4) is 0 Å². The van der Waals surface area contributed by atoms with E-state index in [2.05, 4.69) is 27.7 Å². The number of rotatable bonds is 4. The normalized spacial score (nSPS) is 10.8. The third-order valence-electron chi connectivity index (χ3n) is 3.34. The highest BCUT2D eigenvalue weighted by molar-refractivity contribution is 14.1. The largest absolute Gasteiger partial charge is 0.497 e. The molecule has 5 heteroatoms. The molecule has 0 atom stereocenters. The van der Waals surface area contributed by atoms with Gasteiger partial charge in [-0.05, 0) is 58.5 Å². The molecule has 0 spiro atoms. The number of methoxy groups -OCH3 is 1. The van der Waals surface area contributed by atoms with Crippen molar-refractivity contribution in [3.63, 3.8) is 0 Å². The number of halogens is 1. The summed E-state index contributed by atoms with van der Waals surface area (Å²) in [5.74, 6) is 0.826. The van der Waals surface area contributed by atoms with Gasteiger partial charge in [-0.1, -0.05) is 12.1 Å². The van der Waals surface area contributed by atoms with E-state index in [-0.39, 0.29) is 0 Å². The zero-order chi connectivity index (χ0) is 14.8. The molecule has 0 fully saturated rings. The minimum absolute atomic E-state index is 0.483. The second kappa shape index (κ2) is 5.85. The van der Waals surface area contributed by atoms with Gasteiger partial charge >= 0.3 is 0 Å². The van der Waals surface area contributed by atoms with Gasteiger partial charge in [-0.15, -0.1) is 0 Å². The number of ether oxygens (including phenoxy) is 1. The smallest absolute Gasteiger partial charge is 0.170 e. The lowest BCUT2D eigenvalue weighted by Gasteiger charge is -2.05. The molecule has 0 bridgehead atoms. The van der Waals surface area contributed by atoms with Gasteiger partial charge in [-0.3, -0.25) is 9.48 Å². The van der Waals surface area contributed by atoms with E-state index in [0.29, 0.717) is 12.2 Å². The monoisotopic (exact) mass is 392 g/mol. The average Bonchev–Trinajstić information content (AvgIpc) is 2.85. The summed E-state index contributed by atoms with van der Waals surface area (Å²) in [5.41, 5.74) is 2.56. The second-order valence-corrected chi connectivity index (χ2v) is 5.92. The summed E-state index contributed by atoms with van der Waals surface area (Å²) >= 11 is 2.23. The molecule has 2 aromatic carbocycles. The van der Waals surface area contributed by atoms with E-state index in [4.69, 9.17) is 4.74 Å². The van der Waals surface area contributed by atoms with Crippen LogP contribution in [0.1, 0.15) is 16.1 Å². The molecule has 1 heterocycles. The van der Waals surface area contributed by atoms with Gasteiger partial charge in [0.2, 0.25) is 0 Å². The molecule has 106 valence electrons. The van der Waals surface area contributed by atoms with Crippen LogP contribution in [0.5, 0.6) is 5.75 Å². The van der Waals surface area contributed by atoms with Crippen LogP contribution < -0.4 is 4.74 Å².